The van der Waals surface area contributed by atoms with Crippen molar-refractivity contribution < 1.29 is 18.7 Å². The second kappa shape index (κ2) is 11.8. The van der Waals surface area contributed by atoms with Gasteiger partial charge in [0.15, 0.2) is 18.1 Å². The maximum atomic E-state index is 14.1. The summed E-state index contributed by atoms with van der Waals surface area (Å²) < 4.78 is 25.3. The van der Waals surface area contributed by atoms with Crippen LogP contribution in [0.4, 0.5) is 15.8 Å². The highest BCUT2D eigenvalue weighted by Gasteiger charge is 2.23. The average molecular weight is 548 g/mol. The zero-order valence-electron chi connectivity index (χ0n) is 19.5. The van der Waals surface area contributed by atoms with Gasteiger partial charge < -0.3 is 24.6 Å². The summed E-state index contributed by atoms with van der Waals surface area (Å²) in [6.45, 7) is 2.28. The summed E-state index contributed by atoms with van der Waals surface area (Å²) in [5.41, 5.74) is 1.89. The quantitative estimate of drug-likeness (QED) is 0.385. The fourth-order valence-corrected chi connectivity index (χ4v) is 4.58. The number of piperazine rings is 1. The first-order valence-electron chi connectivity index (χ1n) is 11.2. The van der Waals surface area contributed by atoms with E-state index < -0.39 is 0 Å². The lowest BCUT2D eigenvalue weighted by Gasteiger charge is -2.37. The molecule has 10 heteroatoms. The highest BCUT2D eigenvalue weighted by Crippen LogP contribution is 2.37. The summed E-state index contributed by atoms with van der Waals surface area (Å²) in [6, 6.07) is 16.9. The van der Waals surface area contributed by atoms with Crippen LogP contribution >= 0.6 is 35.4 Å². The Balaban J connectivity index is 1.39. The van der Waals surface area contributed by atoms with E-state index in [4.69, 9.17) is 44.9 Å². The molecule has 1 aliphatic heterocycles. The van der Waals surface area contributed by atoms with E-state index in [2.05, 4.69) is 10.2 Å². The molecule has 0 aromatic heterocycles. The third-order valence-corrected chi connectivity index (χ3v) is 6.74. The Morgan fingerprint density at radius 3 is 2.42 bits per heavy atom. The van der Waals surface area contributed by atoms with Crippen molar-refractivity contribution >= 4 is 57.7 Å². The van der Waals surface area contributed by atoms with Crippen molar-refractivity contribution in [1.82, 2.24) is 4.90 Å². The van der Waals surface area contributed by atoms with Crippen molar-refractivity contribution in [2.75, 3.05) is 50.1 Å². The van der Waals surface area contributed by atoms with Crippen LogP contribution in [0.15, 0.2) is 60.7 Å². The Hall–Kier alpha value is -3.07. The van der Waals surface area contributed by atoms with Crippen LogP contribution in [0.5, 0.6) is 11.5 Å². The van der Waals surface area contributed by atoms with Crippen LogP contribution in [-0.4, -0.2) is 55.7 Å². The summed E-state index contributed by atoms with van der Waals surface area (Å²) in [5.74, 6) is 0.0238. The highest BCUT2D eigenvalue weighted by atomic mass is 35.5. The van der Waals surface area contributed by atoms with E-state index in [0.29, 0.717) is 58.9 Å². The average Bonchev–Trinajstić information content (AvgIpc) is 2.89. The van der Waals surface area contributed by atoms with Gasteiger partial charge in [-0.05, 0) is 48.5 Å². The largest absolute Gasteiger partial charge is 0.493 e. The number of thiocarbonyl (C=S) groups is 1. The number of hydrogen-bond acceptors (Lipinski definition) is 5. The van der Waals surface area contributed by atoms with Crippen molar-refractivity contribution in [3.05, 3.63) is 82.1 Å². The first-order valence-corrected chi connectivity index (χ1v) is 12.4. The first-order chi connectivity index (χ1) is 17.4. The predicted octanol–water partition coefficient (Wildman–Crippen LogP) is 5.66. The Labute approximate surface area is 224 Å². The van der Waals surface area contributed by atoms with Gasteiger partial charge in [0.25, 0.3) is 5.91 Å². The molecular formula is C26H24Cl2FN3O3S. The highest BCUT2D eigenvalue weighted by molar-refractivity contribution is 7.80. The molecule has 36 heavy (non-hydrogen) atoms. The summed E-state index contributed by atoms with van der Waals surface area (Å²) in [6.07, 6.45) is 0. The van der Waals surface area contributed by atoms with Gasteiger partial charge in [-0.25, -0.2) is 4.39 Å². The number of methoxy groups -OCH3 is 1. The maximum Gasteiger partial charge on any atom is 0.262 e. The number of halogens is 3. The molecule has 3 aromatic carbocycles. The summed E-state index contributed by atoms with van der Waals surface area (Å²) in [5, 5.41) is 3.58. The van der Waals surface area contributed by atoms with E-state index in [1.54, 1.807) is 48.5 Å². The number of ether oxygens (including phenoxy) is 2. The number of carbonyl (C=O) groups is 1. The molecular weight excluding hydrogens is 524 g/mol. The monoisotopic (exact) mass is 547 g/mol. The molecule has 1 fully saturated rings. The summed E-state index contributed by atoms with van der Waals surface area (Å²) >= 11 is 18.1. The zero-order valence-corrected chi connectivity index (χ0v) is 21.8. The molecule has 0 aliphatic carbocycles. The van der Waals surface area contributed by atoms with Crippen molar-refractivity contribution in [1.29, 1.82) is 0 Å². The minimum atomic E-state index is -0.359. The molecule has 1 N–H and O–H groups in total. The van der Waals surface area contributed by atoms with Crippen molar-refractivity contribution in [2.45, 2.75) is 0 Å². The van der Waals surface area contributed by atoms with Gasteiger partial charge in [0, 0.05) is 42.5 Å². The van der Waals surface area contributed by atoms with Crippen molar-refractivity contribution in [3.8, 4) is 11.5 Å². The van der Waals surface area contributed by atoms with Crippen LogP contribution < -0.4 is 19.7 Å². The topological polar surface area (TPSA) is 54.0 Å². The molecule has 1 amide bonds. The normalized spacial score (nSPS) is 13.3. The second-order valence-electron chi connectivity index (χ2n) is 8.06. The lowest BCUT2D eigenvalue weighted by Crippen LogP contribution is -2.48. The molecule has 1 aliphatic rings. The van der Waals surface area contributed by atoms with E-state index in [0.717, 1.165) is 0 Å². The van der Waals surface area contributed by atoms with Gasteiger partial charge in [-0.3, -0.25) is 4.79 Å². The molecule has 0 atom stereocenters. The number of para-hydroxylation sites is 1. The Kier molecular flexibility index (Phi) is 8.51. The lowest BCUT2D eigenvalue weighted by molar-refractivity contribution is -0.118. The maximum absolute atomic E-state index is 14.1. The van der Waals surface area contributed by atoms with Crippen LogP contribution in [0.3, 0.4) is 0 Å². The van der Waals surface area contributed by atoms with E-state index >= 15 is 0 Å². The Bertz CT molecular complexity index is 1250. The SMILES string of the molecule is COc1cc(C(=S)N2CCN(c3ccccc3F)CC2)cc(Cl)c1OCC(=O)Nc1ccc(Cl)cc1. The fraction of sp³-hybridized carbons (Fsp3) is 0.231. The van der Waals surface area contributed by atoms with Crippen LogP contribution in [0.1, 0.15) is 5.56 Å². The van der Waals surface area contributed by atoms with Gasteiger partial charge in [0.05, 0.1) is 17.8 Å². The van der Waals surface area contributed by atoms with E-state index in [9.17, 15) is 9.18 Å². The number of benzene rings is 3. The minimum Gasteiger partial charge on any atom is -0.493 e. The van der Waals surface area contributed by atoms with E-state index in [1.165, 1.54) is 13.2 Å². The van der Waals surface area contributed by atoms with Crippen LogP contribution in [0.2, 0.25) is 10.0 Å². The second-order valence-corrected chi connectivity index (χ2v) is 9.29. The number of hydrogen-bond donors (Lipinski definition) is 1. The van der Waals surface area contributed by atoms with Gasteiger partial charge in [-0.15, -0.1) is 0 Å². The zero-order chi connectivity index (χ0) is 25.7. The predicted molar refractivity (Wildman–Crippen MR) is 145 cm³/mol. The van der Waals surface area contributed by atoms with Crippen molar-refractivity contribution in [2.24, 2.45) is 0 Å². The molecule has 4 rings (SSSR count). The van der Waals surface area contributed by atoms with Gasteiger partial charge in [0.2, 0.25) is 0 Å². The van der Waals surface area contributed by atoms with Crippen molar-refractivity contribution in [3.63, 3.8) is 0 Å². The van der Waals surface area contributed by atoms with Crippen LogP contribution in [-0.2, 0) is 4.79 Å². The van der Waals surface area contributed by atoms with Crippen LogP contribution in [0.25, 0.3) is 0 Å². The number of rotatable bonds is 7. The van der Waals surface area contributed by atoms with E-state index in [-0.39, 0.29) is 29.1 Å². The molecule has 0 saturated carbocycles. The van der Waals surface area contributed by atoms with Gasteiger partial charge >= 0.3 is 0 Å². The van der Waals surface area contributed by atoms with E-state index in [1.807, 2.05) is 11.0 Å². The Morgan fingerprint density at radius 2 is 1.75 bits per heavy atom. The number of anilines is 2. The number of carbonyl (C=O) groups excluding carboxylic acids is 1. The third-order valence-electron chi connectivity index (χ3n) is 5.71. The molecule has 0 unspecified atom stereocenters. The lowest BCUT2D eigenvalue weighted by atomic mass is 10.1. The summed E-state index contributed by atoms with van der Waals surface area (Å²) in [4.78, 5) is 17.0. The van der Waals surface area contributed by atoms with Gasteiger partial charge in [-0.1, -0.05) is 47.6 Å². The standard InChI is InChI=1S/C26H24Cl2FN3O3S/c1-34-23-15-17(26(36)32-12-10-31(11-13-32)22-5-3-2-4-21(22)29)14-20(28)25(23)35-16-24(33)30-19-8-6-18(27)7-9-19/h2-9,14-15H,10-13,16H2,1H3,(H,30,33). The molecule has 1 heterocycles. The summed E-state index contributed by atoms with van der Waals surface area (Å²) in [7, 11) is 1.49. The first kappa shape index (κ1) is 26.0. The van der Waals surface area contributed by atoms with Crippen LogP contribution in [0, 0.1) is 5.82 Å². The molecule has 6 nitrogen and oxygen atoms in total. The molecule has 0 radical (unpaired) electrons. The number of nitrogens with one attached hydrogen (secondary N) is 1. The Morgan fingerprint density at radius 1 is 1.06 bits per heavy atom. The molecule has 0 bridgehead atoms. The number of nitrogens with zero attached hydrogens (tertiary/aromatic N) is 2. The minimum absolute atomic E-state index is 0.234. The number of amides is 1. The molecule has 1 saturated heterocycles. The molecule has 3 aromatic rings. The molecule has 188 valence electrons. The fourth-order valence-electron chi connectivity index (χ4n) is 3.89. The smallest absolute Gasteiger partial charge is 0.262 e. The third kappa shape index (κ3) is 6.19. The van der Waals surface area contributed by atoms with Gasteiger partial charge in [0.1, 0.15) is 10.8 Å². The van der Waals surface area contributed by atoms with Gasteiger partial charge in [-0.2, -0.15) is 0 Å². The molecule has 0 spiro atoms.